The SMILES string of the molecule is CC(C)S(=O)(=O)Nc1cccc(CC(=O)O)c1. The minimum absolute atomic E-state index is 0.128. The monoisotopic (exact) mass is 257 g/mol. The van der Waals surface area contributed by atoms with Crippen LogP contribution >= 0.6 is 0 Å². The zero-order valence-corrected chi connectivity index (χ0v) is 10.5. The Morgan fingerprint density at radius 2 is 2.06 bits per heavy atom. The van der Waals surface area contributed by atoms with E-state index in [-0.39, 0.29) is 6.42 Å². The van der Waals surface area contributed by atoms with E-state index in [4.69, 9.17) is 5.11 Å². The largest absolute Gasteiger partial charge is 0.481 e. The number of benzene rings is 1. The molecule has 0 saturated heterocycles. The van der Waals surface area contributed by atoms with Gasteiger partial charge in [-0.2, -0.15) is 0 Å². The summed E-state index contributed by atoms with van der Waals surface area (Å²) in [5.74, 6) is -0.950. The highest BCUT2D eigenvalue weighted by atomic mass is 32.2. The van der Waals surface area contributed by atoms with E-state index in [1.54, 1.807) is 32.0 Å². The van der Waals surface area contributed by atoms with Gasteiger partial charge in [0.25, 0.3) is 0 Å². The van der Waals surface area contributed by atoms with Crippen molar-refractivity contribution in [2.24, 2.45) is 0 Å². The molecule has 0 aliphatic carbocycles. The number of carbonyl (C=O) groups is 1. The van der Waals surface area contributed by atoms with Gasteiger partial charge in [0.05, 0.1) is 11.7 Å². The lowest BCUT2D eigenvalue weighted by molar-refractivity contribution is -0.136. The van der Waals surface area contributed by atoms with E-state index >= 15 is 0 Å². The smallest absolute Gasteiger partial charge is 0.307 e. The van der Waals surface area contributed by atoms with E-state index in [0.717, 1.165) is 0 Å². The van der Waals surface area contributed by atoms with Crippen molar-refractivity contribution in [1.29, 1.82) is 0 Å². The second-order valence-corrected chi connectivity index (χ2v) is 6.20. The summed E-state index contributed by atoms with van der Waals surface area (Å²) in [4.78, 5) is 10.5. The Morgan fingerprint density at radius 1 is 1.41 bits per heavy atom. The van der Waals surface area contributed by atoms with Crippen LogP contribution in [0.15, 0.2) is 24.3 Å². The molecule has 1 aromatic carbocycles. The number of sulfonamides is 1. The number of aliphatic carboxylic acids is 1. The lowest BCUT2D eigenvalue weighted by atomic mass is 10.1. The standard InChI is InChI=1S/C11H15NO4S/c1-8(2)17(15,16)12-10-5-3-4-9(6-10)7-11(13)14/h3-6,8,12H,7H2,1-2H3,(H,13,14). The van der Waals surface area contributed by atoms with Gasteiger partial charge >= 0.3 is 5.97 Å². The molecule has 94 valence electrons. The number of anilines is 1. The molecule has 17 heavy (non-hydrogen) atoms. The Balaban J connectivity index is 2.90. The predicted molar refractivity (Wildman–Crippen MR) is 65.5 cm³/mol. The third-order valence-electron chi connectivity index (χ3n) is 2.16. The fourth-order valence-electron chi connectivity index (χ4n) is 1.20. The average molecular weight is 257 g/mol. The maximum Gasteiger partial charge on any atom is 0.307 e. The van der Waals surface area contributed by atoms with E-state index in [2.05, 4.69) is 4.72 Å². The van der Waals surface area contributed by atoms with E-state index < -0.39 is 21.2 Å². The van der Waals surface area contributed by atoms with E-state index in [1.807, 2.05) is 0 Å². The molecule has 0 radical (unpaired) electrons. The molecule has 0 atom stereocenters. The minimum Gasteiger partial charge on any atom is -0.481 e. The quantitative estimate of drug-likeness (QED) is 0.836. The van der Waals surface area contributed by atoms with Gasteiger partial charge in [-0.15, -0.1) is 0 Å². The van der Waals surface area contributed by atoms with Gasteiger partial charge in [0.15, 0.2) is 0 Å². The summed E-state index contributed by atoms with van der Waals surface area (Å²) in [6.45, 7) is 3.15. The zero-order valence-electron chi connectivity index (χ0n) is 9.67. The number of hydrogen-bond donors (Lipinski definition) is 2. The third-order valence-corrected chi connectivity index (χ3v) is 3.92. The van der Waals surface area contributed by atoms with Crippen molar-refractivity contribution < 1.29 is 18.3 Å². The highest BCUT2D eigenvalue weighted by Crippen LogP contribution is 2.14. The summed E-state index contributed by atoms with van der Waals surface area (Å²) >= 11 is 0. The Kier molecular flexibility index (Phi) is 4.11. The van der Waals surface area contributed by atoms with Crippen molar-refractivity contribution in [1.82, 2.24) is 0 Å². The van der Waals surface area contributed by atoms with Crippen molar-refractivity contribution in [2.45, 2.75) is 25.5 Å². The van der Waals surface area contributed by atoms with Gasteiger partial charge in [0, 0.05) is 5.69 Å². The molecule has 0 bridgehead atoms. The minimum atomic E-state index is -3.39. The molecule has 0 aliphatic heterocycles. The molecular formula is C11H15NO4S. The fraction of sp³-hybridized carbons (Fsp3) is 0.364. The van der Waals surface area contributed by atoms with Crippen molar-refractivity contribution in [3.63, 3.8) is 0 Å². The summed E-state index contributed by atoms with van der Waals surface area (Å²) in [6, 6.07) is 6.37. The van der Waals surface area contributed by atoms with Gasteiger partial charge in [-0.25, -0.2) is 8.42 Å². The van der Waals surface area contributed by atoms with Gasteiger partial charge in [-0.1, -0.05) is 12.1 Å². The molecule has 6 heteroatoms. The number of rotatable bonds is 5. The van der Waals surface area contributed by atoms with Gasteiger partial charge in [0.1, 0.15) is 0 Å². The van der Waals surface area contributed by atoms with E-state index in [0.29, 0.717) is 11.3 Å². The molecule has 0 heterocycles. The molecule has 0 unspecified atom stereocenters. The summed E-state index contributed by atoms with van der Waals surface area (Å²) in [6.07, 6.45) is -0.128. The van der Waals surface area contributed by atoms with E-state index in [9.17, 15) is 13.2 Å². The summed E-state index contributed by atoms with van der Waals surface area (Å²) < 4.78 is 25.6. The molecule has 1 aromatic rings. The van der Waals surface area contributed by atoms with Crippen LogP contribution in [0.4, 0.5) is 5.69 Å². The molecule has 0 saturated carbocycles. The second kappa shape index (κ2) is 5.18. The molecule has 2 N–H and O–H groups in total. The van der Waals surface area contributed by atoms with Gasteiger partial charge < -0.3 is 5.11 Å². The van der Waals surface area contributed by atoms with Gasteiger partial charge in [-0.05, 0) is 31.5 Å². The van der Waals surface area contributed by atoms with Crippen LogP contribution in [0.5, 0.6) is 0 Å². The number of carboxylic acid groups (broad SMARTS) is 1. The fourth-order valence-corrected chi connectivity index (χ4v) is 1.89. The first-order valence-electron chi connectivity index (χ1n) is 5.13. The molecule has 1 rings (SSSR count). The van der Waals surface area contributed by atoms with Crippen LogP contribution in [0, 0.1) is 0 Å². The summed E-state index contributed by atoms with van der Waals surface area (Å²) in [5, 5.41) is 8.10. The van der Waals surface area contributed by atoms with Crippen LogP contribution in [0.1, 0.15) is 19.4 Å². The topological polar surface area (TPSA) is 83.5 Å². The Morgan fingerprint density at radius 3 is 2.59 bits per heavy atom. The van der Waals surface area contributed by atoms with Crippen LogP contribution in [0.3, 0.4) is 0 Å². The summed E-state index contributed by atoms with van der Waals surface area (Å²) in [5.41, 5.74) is 0.943. The Bertz CT molecular complexity index is 508. The molecule has 5 nitrogen and oxygen atoms in total. The van der Waals surface area contributed by atoms with Crippen LogP contribution in [0.2, 0.25) is 0 Å². The van der Waals surface area contributed by atoms with Crippen molar-refractivity contribution in [3.8, 4) is 0 Å². The predicted octanol–water partition coefficient (Wildman–Crippen LogP) is 1.46. The number of hydrogen-bond acceptors (Lipinski definition) is 3. The first-order valence-corrected chi connectivity index (χ1v) is 6.68. The second-order valence-electron chi connectivity index (χ2n) is 3.97. The molecular weight excluding hydrogens is 242 g/mol. The van der Waals surface area contributed by atoms with Crippen LogP contribution in [-0.4, -0.2) is 24.7 Å². The Hall–Kier alpha value is -1.56. The lowest BCUT2D eigenvalue weighted by Crippen LogP contribution is -2.22. The maximum atomic E-state index is 11.6. The number of carboxylic acids is 1. The van der Waals surface area contributed by atoms with Crippen molar-refractivity contribution in [3.05, 3.63) is 29.8 Å². The van der Waals surface area contributed by atoms with Crippen LogP contribution in [-0.2, 0) is 21.2 Å². The highest BCUT2D eigenvalue weighted by Gasteiger charge is 2.15. The maximum absolute atomic E-state index is 11.6. The lowest BCUT2D eigenvalue weighted by Gasteiger charge is -2.11. The molecule has 0 fully saturated rings. The van der Waals surface area contributed by atoms with Crippen molar-refractivity contribution in [2.75, 3.05) is 4.72 Å². The average Bonchev–Trinajstić information content (AvgIpc) is 2.15. The summed E-state index contributed by atoms with van der Waals surface area (Å²) in [7, 11) is -3.39. The van der Waals surface area contributed by atoms with Gasteiger partial charge in [0.2, 0.25) is 10.0 Å². The first-order chi connectivity index (χ1) is 7.81. The molecule has 0 spiro atoms. The molecule has 0 aliphatic rings. The normalized spacial score (nSPS) is 11.5. The Labute approximate surface area is 101 Å². The highest BCUT2D eigenvalue weighted by molar-refractivity contribution is 7.93. The first kappa shape index (κ1) is 13.5. The third kappa shape index (κ3) is 4.07. The number of nitrogens with one attached hydrogen (secondary N) is 1. The van der Waals surface area contributed by atoms with Gasteiger partial charge in [-0.3, -0.25) is 9.52 Å². The van der Waals surface area contributed by atoms with Crippen molar-refractivity contribution >= 4 is 21.7 Å². The molecule has 0 aromatic heterocycles. The van der Waals surface area contributed by atoms with Crippen LogP contribution < -0.4 is 4.72 Å². The van der Waals surface area contributed by atoms with E-state index in [1.165, 1.54) is 6.07 Å². The molecule has 0 amide bonds. The zero-order chi connectivity index (χ0) is 13.1. The van der Waals surface area contributed by atoms with Crippen LogP contribution in [0.25, 0.3) is 0 Å².